The minimum Gasteiger partial charge on any atom is -0.466 e. The molecule has 0 spiro atoms. The molecular formula is C11H20O5. The Balaban J connectivity index is 3.27. The Morgan fingerprint density at radius 3 is 2.25 bits per heavy atom. The summed E-state index contributed by atoms with van der Waals surface area (Å²) in [4.78, 5) is 21.6. The number of esters is 2. The summed E-state index contributed by atoms with van der Waals surface area (Å²) in [7, 11) is 0. The second kappa shape index (κ2) is 10.4. The van der Waals surface area contributed by atoms with Gasteiger partial charge in [0, 0.05) is 6.42 Å². The maximum Gasteiger partial charge on any atom is 0.331 e. The van der Waals surface area contributed by atoms with Crippen molar-refractivity contribution in [3.63, 3.8) is 0 Å². The molecule has 1 N–H and O–H groups in total. The lowest BCUT2D eigenvalue weighted by Crippen LogP contribution is -2.12. The van der Waals surface area contributed by atoms with Crippen molar-refractivity contribution >= 4 is 11.9 Å². The van der Waals surface area contributed by atoms with E-state index in [2.05, 4.69) is 11.7 Å². The summed E-state index contributed by atoms with van der Waals surface area (Å²) in [5.74, 6) is -0.938. The predicted octanol–water partition coefficient (Wildman–Crippen LogP) is 1.04. The van der Waals surface area contributed by atoms with Gasteiger partial charge in [-0.15, -0.1) is 0 Å². The topological polar surface area (TPSA) is 72.8 Å². The maximum absolute atomic E-state index is 11.1. The molecule has 0 atom stereocenters. The molecule has 0 bridgehead atoms. The van der Waals surface area contributed by atoms with Gasteiger partial charge in [0.1, 0.15) is 6.61 Å². The van der Waals surface area contributed by atoms with Gasteiger partial charge < -0.3 is 14.6 Å². The highest BCUT2D eigenvalue weighted by molar-refractivity contribution is 5.70. The fourth-order valence-electron chi connectivity index (χ4n) is 1.06. The smallest absolute Gasteiger partial charge is 0.331 e. The molecule has 0 radical (unpaired) electrons. The second-order valence-corrected chi connectivity index (χ2v) is 3.41. The molecule has 0 aromatic carbocycles. The van der Waals surface area contributed by atoms with Crippen LogP contribution in [0.2, 0.25) is 0 Å². The van der Waals surface area contributed by atoms with Gasteiger partial charge >= 0.3 is 11.9 Å². The molecule has 0 saturated heterocycles. The molecule has 5 heteroatoms. The van der Waals surface area contributed by atoms with Crippen LogP contribution in [0.5, 0.6) is 0 Å². The summed E-state index contributed by atoms with van der Waals surface area (Å²) < 4.78 is 9.54. The number of aliphatic hydroxyl groups excluding tert-OH is 1. The Hall–Kier alpha value is -1.10. The van der Waals surface area contributed by atoms with Gasteiger partial charge in [-0.05, 0) is 12.8 Å². The van der Waals surface area contributed by atoms with Crippen LogP contribution in [0, 0.1) is 0 Å². The van der Waals surface area contributed by atoms with Gasteiger partial charge in [-0.2, -0.15) is 0 Å². The van der Waals surface area contributed by atoms with Crippen molar-refractivity contribution < 1.29 is 24.2 Å². The van der Waals surface area contributed by atoms with Gasteiger partial charge in [0.15, 0.2) is 0 Å². The molecule has 0 amide bonds. The van der Waals surface area contributed by atoms with Gasteiger partial charge in [-0.25, -0.2) is 4.79 Å². The molecule has 0 rings (SSSR count). The quantitative estimate of drug-likeness (QED) is 0.475. The van der Waals surface area contributed by atoms with Crippen LogP contribution < -0.4 is 0 Å². The molecule has 94 valence electrons. The summed E-state index contributed by atoms with van der Waals surface area (Å²) in [6.07, 6.45) is 3.71. The van der Waals surface area contributed by atoms with Gasteiger partial charge in [0.05, 0.1) is 13.2 Å². The zero-order valence-corrected chi connectivity index (χ0v) is 9.74. The Morgan fingerprint density at radius 1 is 1.00 bits per heavy atom. The molecular weight excluding hydrogens is 212 g/mol. The van der Waals surface area contributed by atoms with Crippen molar-refractivity contribution in [3.05, 3.63) is 0 Å². The lowest BCUT2D eigenvalue weighted by molar-refractivity contribution is -0.149. The first-order valence-corrected chi connectivity index (χ1v) is 5.62. The number of carbonyl (C=O) groups excluding carboxylic acids is 2. The molecule has 0 aliphatic heterocycles. The first-order valence-electron chi connectivity index (χ1n) is 5.62. The first kappa shape index (κ1) is 14.9. The van der Waals surface area contributed by atoms with Crippen molar-refractivity contribution in [2.75, 3.05) is 19.8 Å². The molecule has 0 aromatic heterocycles. The monoisotopic (exact) mass is 232 g/mol. The summed E-state index contributed by atoms with van der Waals surface area (Å²) >= 11 is 0. The van der Waals surface area contributed by atoms with E-state index in [0.29, 0.717) is 13.0 Å². The number of ether oxygens (including phenoxy) is 2. The molecule has 0 heterocycles. The third-order valence-corrected chi connectivity index (χ3v) is 1.93. The normalized spacial score (nSPS) is 9.88. The fourth-order valence-corrected chi connectivity index (χ4v) is 1.06. The third kappa shape index (κ3) is 9.45. The summed E-state index contributed by atoms with van der Waals surface area (Å²) in [6.45, 7) is 2.06. The molecule has 0 fully saturated rings. The number of aliphatic hydroxyl groups is 1. The van der Waals surface area contributed by atoms with Crippen LogP contribution >= 0.6 is 0 Å². The molecule has 0 aromatic rings. The minimum atomic E-state index is -0.670. The Kier molecular flexibility index (Phi) is 9.70. The summed E-state index contributed by atoms with van der Waals surface area (Å²) in [6, 6.07) is 0. The Bertz CT molecular complexity index is 203. The fraction of sp³-hybridized carbons (Fsp3) is 0.818. The number of carbonyl (C=O) groups is 2. The average molecular weight is 232 g/mol. The zero-order valence-electron chi connectivity index (χ0n) is 9.74. The average Bonchev–Trinajstić information content (AvgIpc) is 2.30. The Labute approximate surface area is 95.7 Å². The highest BCUT2D eigenvalue weighted by Gasteiger charge is 2.04. The molecule has 0 unspecified atom stereocenters. The van der Waals surface area contributed by atoms with E-state index in [4.69, 9.17) is 9.84 Å². The van der Waals surface area contributed by atoms with Gasteiger partial charge in [0.25, 0.3) is 0 Å². The van der Waals surface area contributed by atoms with E-state index < -0.39 is 12.6 Å². The number of hydrogen-bond donors (Lipinski definition) is 1. The molecule has 0 saturated carbocycles. The first-order chi connectivity index (χ1) is 7.70. The molecule has 5 nitrogen and oxygen atoms in total. The van der Waals surface area contributed by atoms with E-state index in [0.717, 1.165) is 19.3 Å². The predicted molar refractivity (Wildman–Crippen MR) is 57.8 cm³/mol. The third-order valence-electron chi connectivity index (χ3n) is 1.93. The van der Waals surface area contributed by atoms with Crippen molar-refractivity contribution in [2.45, 2.75) is 39.0 Å². The van der Waals surface area contributed by atoms with Crippen molar-refractivity contribution in [1.82, 2.24) is 0 Å². The van der Waals surface area contributed by atoms with Crippen molar-refractivity contribution in [2.24, 2.45) is 0 Å². The molecule has 0 aliphatic carbocycles. The van der Waals surface area contributed by atoms with E-state index >= 15 is 0 Å². The highest BCUT2D eigenvalue weighted by atomic mass is 16.5. The van der Waals surface area contributed by atoms with Crippen LogP contribution in [-0.2, 0) is 19.1 Å². The summed E-state index contributed by atoms with van der Waals surface area (Å²) in [5.41, 5.74) is 0. The standard InChI is InChI=1S/C11H20O5/c1-2-3-4-7-15-10(13)6-5-8-16-11(14)9-12/h12H,2-9H2,1H3. The van der Waals surface area contributed by atoms with Crippen LogP contribution in [0.3, 0.4) is 0 Å². The zero-order chi connectivity index (χ0) is 12.2. The van der Waals surface area contributed by atoms with E-state index in [9.17, 15) is 9.59 Å². The van der Waals surface area contributed by atoms with Crippen LogP contribution in [0.15, 0.2) is 0 Å². The van der Waals surface area contributed by atoms with Gasteiger partial charge in [-0.1, -0.05) is 19.8 Å². The lowest BCUT2D eigenvalue weighted by atomic mass is 10.3. The number of hydrogen-bond acceptors (Lipinski definition) is 5. The van der Waals surface area contributed by atoms with Crippen molar-refractivity contribution in [3.8, 4) is 0 Å². The number of unbranched alkanes of at least 4 members (excludes halogenated alkanes) is 2. The molecule has 16 heavy (non-hydrogen) atoms. The van der Waals surface area contributed by atoms with E-state index in [1.165, 1.54) is 0 Å². The Morgan fingerprint density at radius 2 is 1.62 bits per heavy atom. The van der Waals surface area contributed by atoms with E-state index in [1.807, 2.05) is 0 Å². The maximum atomic E-state index is 11.1. The highest BCUT2D eigenvalue weighted by Crippen LogP contribution is 1.98. The van der Waals surface area contributed by atoms with Gasteiger partial charge in [0.2, 0.25) is 0 Å². The van der Waals surface area contributed by atoms with E-state index in [1.54, 1.807) is 0 Å². The SMILES string of the molecule is CCCCCOC(=O)CCCOC(=O)CO. The van der Waals surface area contributed by atoms with Crippen LogP contribution in [-0.4, -0.2) is 36.9 Å². The van der Waals surface area contributed by atoms with Gasteiger partial charge in [-0.3, -0.25) is 4.79 Å². The van der Waals surface area contributed by atoms with Crippen LogP contribution in [0.1, 0.15) is 39.0 Å². The summed E-state index contributed by atoms with van der Waals surface area (Å²) in [5, 5.41) is 8.34. The molecule has 0 aliphatic rings. The largest absolute Gasteiger partial charge is 0.466 e. The minimum absolute atomic E-state index is 0.142. The van der Waals surface area contributed by atoms with Crippen molar-refractivity contribution in [1.29, 1.82) is 0 Å². The number of rotatable bonds is 9. The van der Waals surface area contributed by atoms with Crippen LogP contribution in [0.25, 0.3) is 0 Å². The second-order valence-electron chi connectivity index (χ2n) is 3.41. The van der Waals surface area contributed by atoms with E-state index in [-0.39, 0.29) is 19.0 Å². The lowest BCUT2D eigenvalue weighted by Gasteiger charge is -2.04. The van der Waals surface area contributed by atoms with Crippen LogP contribution in [0.4, 0.5) is 0 Å².